The fourth-order valence-electron chi connectivity index (χ4n) is 1.79. The molecule has 0 aliphatic rings. The lowest BCUT2D eigenvalue weighted by Crippen LogP contribution is -2.37. The minimum absolute atomic E-state index is 0.0132. The molecule has 1 unspecified atom stereocenters. The molecule has 1 aromatic rings. The van der Waals surface area contributed by atoms with Gasteiger partial charge in [-0.2, -0.15) is 0 Å². The normalized spacial score (nSPS) is 12.2. The number of aromatic nitrogens is 2. The summed E-state index contributed by atoms with van der Waals surface area (Å²) in [6.45, 7) is 8.00. The maximum atomic E-state index is 11.9. The highest BCUT2D eigenvalue weighted by molar-refractivity contribution is 5.80. The monoisotopic (exact) mass is 297 g/mol. The third kappa shape index (κ3) is 5.34. The summed E-state index contributed by atoms with van der Waals surface area (Å²) in [6.07, 6.45) is 1.95. The van der Waals surface area contributed by atoms with Gasteiger partial charge in [0, 0.05) is 20.6 Å². The van der Waals surface area contributed by atoms with Gasteiger partial charge < -0.3 is 19.5 Å². The van der Waals surface area contributed by atoms with Crippen molar-refractivity contribution in [3.63, 3.8) is 0 Å². The molecule has 1 N–H and O–H groups in total. The van der Waals surface area contributed by atoms with E-state index in [4.69, 9.17) is 4.42 Å². The van der Waals surface area contributed by atoms with E-state index in [2.05, 4.69) is 29.4 Å². The minimum Gasteiger partial charge on any atom is -0.406 e. The second-order valence-electron chi connectivity index (χ2n) is 5.31. The van der Waals surface area contributed by atoms with E-state index in [-0.39, 0.29) is 18.5 Å². The molecular formula is C14H27N5O2. The lowest BCUT2D eigenvalue weighted by Gasteiger charge is -2.21. The summed E-state index contributed by atoms with van der Waals surface area (Å²) in [5.74, 6) is 0.567. The Bertz CT molecular complexity index is 433. The van der Waals surface area contributed by atoms with Crippen molar-refractivity contribution in [1.82, 2.24) is 20.4 Å². The first-order chi connectivity index (χ1) is 9.99. The summed E-state index contributed by atoms with van der Waals surface area (Å²) in [4.78, 5) is 15.3. The zero-order valence-electron chi connectivity index (χ0n) is 13.7. The lowest BCUT2D eigenvalue weighted by molar-refractivity contribution is -0.127. The average molecular weight is 297 g/mol. The Hall–Kier alpha value is -1.63. The summed E-state index contributed by atoms with van der Waals surface area (Å²) < 4.78 is 5.71. The number of rotatable bonds is 9. The first kappa shape index (κ1) is 17.4. The number of nitrogens with zero attached hydrogens (tertiary/aromatic N) is 4. The van der Waals surface area contributed by atoms with Crippen LogP contribution in [0.4, 0.5) is 6.01 Å². The van der Waals surface area contributed by atoms with Crippen LogP contribution in [0.1, 0.15) is 45.5 Å². The van der Waals surface area contributed by atoms with Crippen LogP contribution in [0.15, 0.2) is 4.42 Å². The lowest BCUT2D eigenvalue weighted by atomic mass is 10.3. The van der Waals surface area contributed by atoms with Crippen molar-refractivity contribution in [3.05, 3.63) is 5.89 Å². The molecule has 0 fully saturated rings. The number of carbonyl (C=O) groups excluding carboxylic acids is 1. The maximum absolute atomic E-state index is 11.9. The van der Waals surface area contributed by atoms with Crippen molar-refractivity contribution in [3.8, 4) is 0 Å². The van der Waals surface area contributed by atoms with Gasteiger partial charge in [-0.05, 0) is 26.3 Å². The Morgan fingerprint density at radius 3 is 2.57 bits per heavy atom. The van der Waals surface area contributed by atoms with E-state index in [9.17, 15) is 4.79 Å². The molecule has 7 nitrogen and oxygen atoms in total. The van der Waals surface area contributed by atoms with Crippen molar-refractivity contribution < 1.29 is 9.21 Å². The number of nitrogens with one attached hydrogen (secondary N) is 1. The van der Waals surface area contributed by atoms with E-state index < -0.39 is 0 Å². The van der Waals surface area contributed by atoms with Crippen LogP contribution in [0.2, 0.25) is 0 Å². The highest BCUT2D eigenvalue weighted by atomic mass is 16.4. The van der Waals surface area contributed by atoms with Crippen molar-refractivity contribution in [2.75, 3.05) is 38.6 Å². The van der Waals surface area contributed by atoms with E-state index in [0.717, 1.165) is 19.4 Å². The molecule has 1 heterocycles. The van der Waals surface area contributed by atoms with Crippen LogP contribution in [0.25, 0.3) is 0 Å². The Morgan fingerprint density at radius 2 is 2.00 bits per heavy atom. The molecule has 21 heavy (non-hydrogen) atoms. The first-order valence-electron chi connectivity index (χ1n) is 7.51. The maximum Gasteiger partial charge on any atom is 0.318 e. The summed E-state index contributed by atoms with van der Waals surface area (Å²) in [6, 6.07) is 0.423. The minimum atomic E-state index is 0.0132. The van der Waals surface area contributed by atoms with Gasteiger partial charge in [-0.3, -0.25) is 4.79 Å². The van der Waals surface area contributed by atoms with Crippen LogP contribution in [0.5, 0.6) is 0 Å². The smallest absolute Gasteiger partial charge is 0.318 e. The van der Waals surface area contributed by atoms with Gasteiger partial charge >= 0.3 is 6.01 Å². The highest BCUT2D eigenvalue weighted by Crippen LogP contribution is 2.17. The van der Waals surface area contributed by atoms with Crippen LogP contribution in [-0.2, 0) is 4.79 Å². The van der Waals surface area contributed by atoms with Gasteiger partial charge in [0.1, 0.15) is 6.54 Å². The van der Waals surface area contributed by atoms with Crippen LogP contribution >= 0.6 is 0 Å². The summed E-state index contributed by atoms with van der Waals surface area (Å²) in [5, 5.41) is 11.5. The molecule has 0 aliphatic heterocycles. The van der Waals surface area contributed by atoms with Gasteiger partial charge in [-0.15, -0.1) is 5.10 Å². The Kier molecular flexibility index (Phi) is 7.14. The standard InChI is InChI=1S/C14H27N5O2/c1-6-8-15-11(3)13-16-17-14(21-13)19(9-7-2)10-12(20)18(4)5/h11,15H,6-10H2,1-5H3. The van der Waals surface area contributed by atoms with Crippen molar-refractivity contribution in [2.24, 2.45) is 0 Å². The number of amides is 1. The van der Waals surface area contributed by atoms with Crippen LogP contribution in [-0.4, -0.2) is 54.7 Å². The summed E-state index contributed by atoms with van der Waals surface area (Å²) in [5.41, 5.74) is 0. The first-order valence-corrected chi connectivity index (χ1v) is 7.51. The number of carbonyl (C=O) groups is 1. The summed E-state index contributed by atoms with van der Waals surface area (Å²) >= 11 is 0. The molecule has 1 amide bonds. The van der Waals surface area contributed by atoms with Crippen molar-refractivity contribution >= 4 is 11.9 Å². The number of hydrogen-bond donors (Lipinski definition) is 1. The molecule has 0 aromatic carbocycles. The van der Waals surface area contributed by atoms with E-state index in [0.29, 0.717) is 18.5 Å². The predicted octanol–water partition coefficient (Wildman–Crippen LogP) is 1.43. The van der Waals surface area contributed by atoms with Crippen LogP contribution < -0.4 is 10.2 Å². The molecule has 0 aliphatic carbocycles. The quantitative estimate of drug-likeness (QED) is 0.743. The largest absolute Gasteiger partial charge is 0.406 e. The number of likely N-dealkylation sites (N-methyl/N-ethyl adjacent to an activating group) is 1. The van der Waals surface area contributed by atoms with Gasteiger partial charge in [0.05, 0.1) is 6.04 Å². The van der Waals surface area contributed by atoms with Gasteiger partial charge in [-0.1, -0.05) is 18.9 Å². The molecule has 0 saturated heterocycles. The topological polar surface area (TPSA) is 74.5 Å². The van der Waals surface area contributed by atoms with Crippen LogP contribution in [0, 0.1) is 0 Å². The Balaban J connectivity index is 2.75. The van der Waals surface area contributed by atoms with Crippen molar-refractivity contribution in [2.45, 2.75) is 39.7 Å². The predicted molar refractivity (Wildman–Crippen MR) is 82.2 cm³/mol. The Labute approximate surface area is 126 Å². The molecule has 0 radical (unpaired) electrons. The third-order valence-electron chi connectivity index (χ3n) is 3.09. The van der Waals surface area contributed by atoms with Gasteiger partial charge in [0.15, 0.2) is 0 Å². The van der Waals surface area contributed by atoms with E-state index >= 15 is 0 Å². The molecule has 0 spiro atoms. The summed E-state index contributed by atoms with van der Waals surface area (Å²) in [7, 11) is 3.48. The number of hydrogen-bond acceptors (Lipinski definition) is 6. The fraction of sp³-hybridized carbons (Fsp3) is 0.786. The van der Waals surface area contributed by atoms with Gasteiger partial charge in [0.25, 0.3) is 0 Å². The SMILES string of the molecule is CCCNC(C)c1nnc(N(CCC)CC(=O)N(C)C)o1. The fourth-order valence-corrected chi connectivity index (χ4v) is 1.79. The molecule has 1 aromatic heterocycles. The van der Waals surface area contributed by atoms with Gasteiger partial charge in [-0.25, -0.2) is 0 Å². The van der Waals surface area contributed by atoms with E-state index in [1.165, 1.54) is 0 Å². The van der Waals surface area contributed by atoms with Crippen molar-refractivity contribution in [1.29, 1.82) is 0 Å². The van der Waals surface area contributed by atoms with Crippen LogP contribution in [0.3, 0.4) is 0 Å². The molecule has 1 rings (SSSR count). The molecule has 0 bridgehead atoms. The average Bonchev–Trinajstić information content (AvgIpc) is 2.93. The molecular weight excluding hydrogens is 270 g/mol. The molecule has 0 saturated carbocycles. The second-order valence-corrected chi connectivity index (χ2v) is 5.31. The highest BCUT2D eigenvalue weighted by Gasteiger charge is 2.20. The second kappa shape index (κ2) is 8.61. The van der Waals surface area contributed by atoms with E-state index in [1.807, 2.05) is 11.8 Å². The third-order valence-corrected chi connectivity index (χ3v) is 3.09. The van der Waals surface area contributed by atoms with Gasteiger partial charge in [0.2, 0.25) is 11.8 Å². The number of anilines is 1. The van der Waals surface area contributed by atoms with E-state index in [1.54, 1.807) is 19.0 Å². The molecule has 7 heteroatoms. The Morgan fingerprint density at radius 1 is 1.29 bits per heavy atom. The molecule has 120 valence electrons. The zero-order valence-corrected chi connectivity index (χ0v) is 13.7. The zero-order chi connectivity index (χ0) is 15.8. The molecule has 1 atom stereocenters.